The molecule has 0 saturated heterocycles. The van der Waals surface area contributed by atoms with Gasteiger partial charge in [-0.15, -0.1) is 11.3 Å². The zero-order valence-corrected chi connectivity index (χ0v) is 18.9. The van der Waals surface area contributed by atoms with Gasteiger partial charge in [-0.25, -0.2) is 8.42 Å². The number of sulfonamides is 1. The standard InChI is InChI=1S/C22H21N3O4S2/c1-4-28-18-11-9-17(10-12-18)25(3)31(26,27)19-13-14-30-20(19)22-23-21(24-29-22)16-7-5-15(2)6-8-16/h5-14H,4H2,1-3H3. The Morgan fingerprint density at radius 3 is 2.45 bits per heavy atom. The largest absolute Gasteiger partial charge is 0.494 e. The molecule has 160 valence electrons. The Bertz CT molecular complexity index is 1280. The lowest BCUT2D eigenvalue weighted by Crippen LogP contribution is -2.26. The maximum Gasteiger partial charge on any atom is 0.269 e. The summed E-state index contributed by atoms with van der Waals surface area (Å²) in [5.41, 5.74) is 2.44. The van der Waals surface area contributed by atoms with Crippen molar-refractivity contribution in [2.24, 2.45) is 0 Å². The summed E-state index contributed by atoms with van der Waals surface area (Å²) in [7, 11) is -2.33. The molecule has 31 heavy (non-hydrogen) atoms. The van der Waals surface area contributed by atoms with E-state index in [0.29, 0.717) is 28.7 Å². The molecule has 4 rings (SSSR count). The van der Waals surface area contributed by atoms with Gasteiger partial charge < -0.3 is 9.26 Å². The van der Waals surface area contributed by atoms with Crippen LogP contribution in [0.1, 0.15) is 12.5 Å². The van der Waals surface area contributed by atoms with Crippen LogP contribution in [0.4, 0.5) is 5.69 Å². The smallest absolute Gasteiger partial charge is 0.269 e. The quantitative estimate of drug-likeness (QED) is 0.390. The number of hydrogen-bond donors (Lipinski definition) is 0. The molecule has 2 aromatic heterocycles. The lowest BCUT2D eigenvalue weighted by Gasteiger charge is -2.19. The van der Waals surface area contributed by atoms with Crippen LogP contribution in [-0.4, -0.2) is 32.2 Å². The van der Waals surface area contributed by atoms with Crippen LogP contribution in [0.25, 0.3) is 22.2 Å². The number of rotatable bonds is 7. The van der Waals surface area contributed by atoms with Gasteiger partial charge in [0, 0.05) is 12.6 Å². The molecule has 0 spiro atoms. The Morgan fingerprint density at radius 2 is 1.77 bits per heavy atom. The van der Waals surface area contributed by atoms with Crippen molar-refractivity contribution in [3.63, 3.8) is 0 Å². The molecule has 9 heteroatoms. The van der Waals surface area contributed by atoms with Crippen LogP contribution in [0.15, 0.2) is 69.4 Å². The number of aromatic nitrogens is 2. The van der Waals surface area contributed by atoms with Crippen LogP contribution in [0, 0.1) is 6.92 Å². The molecule has 0 unspecified atom stereocenters. The van der Waals surface area contributed by atoms with Gasteiger partial charge in [0.15, 0.2) is 0 Å². The second kappa shape index (κ2) is 8.52. The van der Waals surface area contributed by atoms with Crippen molar-refractivity contribution in [3.8, 4) is 27.9 Å². The molecule has 0 fully saturated rings. The number of aryl methyl sites for hydroxylation is 1. The van der Waals surface area contributed by atoms with E-state index in [1.54, 1.807) is 35.7 Å². The molecule has 0 amide bonds. The molecule has 0 aliphatic carbocycles. The third-order valence-corrected chi connectivity index (χ3v) is 7.57. The van der Waals surface area contributed by atoms with Crippen LogP contribution in [-0.2, 0) is 10.0 Å². The monoisotopic (exact) mass is 455 g/mol. The fourth-order valence-corrected chi connectivity index (χ4v) is 5.51. The summed E-state index contributed by atoms with van der Waals surface area (Å²) in [6, 6.07) is 16.2. The van der Waals surface area contributed by atoms with Crippen molar-refractivity contribution in [2.75, 3.05) is 18.0 Å². The third kappa shape index (κ3) is 4.19. The lowest BCUT2D eigenvalue weighted by molar-refractivity contribution is 0.340. The van der Waals surface area contributed by atoms with Gasteiger partial charge >= 0.3 is 0 Å². The molecule has 4 aromatic rings. The van der Waals surface area contributed by atoms with Gasteiger partial charge in [-0.3, -0.25) is 4.31 Å². The molecule has 2 heterocycles. The van der Waals surface area contributed by atoms with Crippen LogP contribution in [0.3, 0.4) is 0 Å². The fourth-order valence-electron chi connectivity index (χ4n) is 3.00. The van der Waals surface area contributed by atoms with Crippen LogP contribution < -0.4 is 9.04 Å². The number of hydrogen-bond acceptors (Lipinski definition) is 7. The Labute approximate surface area is 185 Å². The number of anilines is 1. The highest BCUT2D eigenvalue weighted by molar-refractivity contribution is 7.93. The zero-order valence-electron chi connectivity index (χ0n) is 17.3. The van der Waals surface area contributed by atoms with Gasteiger partial charge in [-0.1, -0.05) is 35.0 Å². The van der Waals surface area contributed by atoms with E-state index in [0.717, 1.165) is 11.1 Å². The van der Waals surface area contributed by atoms with Crippen LogP contribution >= 0.6 is 11.3 Å². The van der Waals surface area contributed by atoms with Crippen molar-refractivity contribution >= 4 is 27.0 Å². The van der Waals surface area contributed by atoms with Crippen molar-refractivity contribution in [1.82, 2.24) is 10.1 Å². The summed E-state index contributed by atoms with van der Waals surface area (Å²) in [4.78, 5) is 4.95. The third-order valence-electron chi connectivity index (χ3n) is 4.71. The van der Waals surface area contributed by atoms with Gasteiger partial charge in [0.1, 0.15) is 15.5 Å². The van der Waals surface area contributed by atoms with E-state index in [1.165, 1.54) is 22.7 Å². The molecule has 2 aromatic carbocycles. The number of thiophene rings is 1. The van der Waals surface area contributed by atoms with Crippen LogP contribution in [0.5, 0.6) is 5.75 Å². The molecule has 0 N–H and O–H groups in total. The second-order valence-corrected chi connectivity index (χ2v) is 9.66. The van der Waals surface area contributed by atoms with Crippen molar-refractivity contribution in [3.05, 3.63) is 65.5 Å². The average Bonchev–Trinajstić information content (AvgIpc) is 3.44. The van der Waals surface area contributed by atoms with E-state index in [1.807, 2.05) is 38.1 Å². The summed E-state index contributed by atoms with van der Waals surface area (Å²) in [5, 5.41) is 5.72. The SMILES string of the molecule is CCOc1ccc(N(C)S(=O)(=O)c2ccsc2-c2nc(-c3ccc(C)cc3)no2)cc1. The van der Waals surface area contributed by atoms with Crippen molar-refractivity contribution < 1.29 is 17.7 Å². The minimum Gasteiger partial charge on any atom is -0.494 e. The summed E-state index contributed by atoms with van der Waals surface area (Å²) >= 11 is 1.24. The molecular weight excluding hydrogens is 434 g/mol. The van der Waals surface area contributed by atoms with E-state index in [9.17, 15) is 8.42 Å². The van der Waals surface area contributed by atoms with Gasteiger partial charge in [-0.2, -0.15) is 4.98 Å². The second-order valence-electron chi connectivity index (χ2n) is 6.80. The minimum atomic E-state index is -3.84. The average molecular weight is 456 g/mol. The zero-order chi connectivity index (χ0) is 22.0. The Kier molecular flexibility index (Phi) is 5.79. The molecule has 0 bridgehead atoms. The van der Waals surface area contributed by atoms with Gasteiger partial charge in [0.25, 0.3) is 15.9 Å². The minimum absolute atomic E-state index is 0.119. The topological polar surface area (TPSA) is 85.5 Å². The fraction of sp³-hybridized carbons (Fsp3) is 0.182. The first kappa shape index (κ1) is 21.1. The number of benzene rings is 2. The van der Waals surface area contributed by atoms with E-state index in [2.05, 4.69) is 10.1 Å². The first-order chi connectivity index (χ1) is 14.9. The Balaban J connectivity index is 1.65. The lowest BCUT2D eigenvalue weighted by atomic mass is 10.1. The normalized spacial score (nSPS) is 11.5. The van der Waals surface area contributed by atoms with Gasteiger partial charge in [0.05, 0.1) is 12.3 Å². The molecule has 0 aliphatic heterocycles. The van der Waals surface area contributed by atoms with Crippen LogP contribution in [0.2, 0.25) is 0 Å². The Morgan fingerprint density at radius 1 is 1.06 bits per heavy atom. The highest BCUT2D eigenvalue weighted by Crippen LogP contribution is 2.35. The van der Waals surface area contributed by atoms with Gasteiger partial charge in [0.2, 0.25) is 5.82 Å². The maximum atomic E-state index is 13.3. The summed E-state index contributed by atoms with van der Waals surface area (Å²) < 4.78 is 38.7. The summed E-state index contributed by atoms with van der Waals surface area (Å²) in [5.74, 6) is 1.26. The molecule has 0 saturated carbocycles. The molecular formula is C22H21N3O4S2. The number of nitrogens with zero attached hydrogens (tertiary/aromatic N) is 3. The first-order valence-electron chi connectivity index (χ1n) is 9.60. The summed E-state index contributed by atoms with van der Waals surface area (Å²) in [6.07, 6.45) is 0. The highest BCUT2D eigenvalue weighted by atomic mass is 32.2. The highest BCUT2D eigenvalue weighted by Gasteiger charge is 2.28. The van der Waals surface area contributed by atoms with E-state index < -0.39 is 10.0 Å². The molecule has 0 atom stereocenters. The maximum absolute atomic E-state index is 13.3. The first-order valence-corrected chi connectivity index (χ1v) is 11.9. The summed E-state index contributed by atoms with van der Waals surface area (Å²) in [6.45, 7) is 4.43. The molecule has 0 radical (unpaired) electrons. The molecule has 7 nitrogen and oxygen atoms in total. The predicted molar refractivity (Wildman–Crippen MR) is 121 cm³/mol. The number of ether oxygens (including phenoxy) is 1. The van der Waals surface area contributed by atoms with Crippen molar-refractivity contribution in [2.45, 2.75) is 18.7 Å². The molecule has 0 aliphatic rings. The van der Waals surface area contributed by atoms with E-state index in [-0.39, 0.29) is 10.8 Å². The predicted octanol–water partition coefficient (Wildman–Crippen LogP) is 5.00. The van der Waals surface area contributed by atoms with E-state index in [4.69, 9.17) is 9.26 Å². The van der Waals surface area contributed by atoms with Crippen molar-refractivity contribution in [1.29, 1.82) is 0 Å². The van der Waals surface area contributed by atoms with E-state index >= 15 is 0 Å². The van der Waals surface area contributed by atoms with Gasteiger partial charge in [-0.05, 0) is 49.6 Å². The Hall–Kier alpha value is -3.17.